The van der Waals surface area contributed by atoms with Crippen LogP contribution in [0.5, 0.6) is 0 Å². The molecule has 0 radical (unpaired) electrons. The lowest BCUT2D eigenvalue weighted by Gasteiger charge is -2.29. The van der Waals surface area contributed by atoms with Gasteiger partial charge in [0.25, 0.3) is 0 Å². The highest BCUT2D eigenvalue weighted by molar-refractivity contribution is 7.14. The van der Waals surface area contributed by atoms with Crippen LogP contribution in [0.15, 0.2) is 29.6 Å². The first-order chi connectivity index (χ1) is 13.1. The fraction of sp³-hybridized carbons (Fsp3) is 0.450. The van der Waals surface area contributed by atoms with Gasteiger partial charge in [-0.05, 0) is 37.9 Å². The summed E-state index contributed by atoms with van der Waals surface area (Å²) in [4.78, 5) is 30.5. The molecule has 1 fully saturated rings. The summed E-state index contributed by atoms with van der Waals surface area (Å²) in [6.45, 7) is 3.89. The molecule has 0 saturated carbocycles. The molecule has 0 spiro atoms. The predicted molar refractivity (Wildman–Crippen MR) is 107 cm³/mol. The van der Waals surface area contributed by atoms with E-state index in [-0.39, 0.29) is 17.8 Å². The number of ether oxygens (including phenoxy) is 1. The summed E-state index contributed by atoms with van der Waals surface area (Å²) in [6.07, 6.45) is 2.47. The van der Waals surface area contributed by atoms with Crippen LogP contribution in [0.2, 0.25) is 0 Å². The highest BCUT2D eigenvalue weighted by Gasteiger charge is 2.26. The predicted octanol–water partition coefficient (Wildman–Crippen LogP) is 3.20. The van der Waals surface area contributed by atoms with Crippen LogP contribution < -0.4 is 5.32 Å². The quantitative estimate of drug-likeness (QED) is 0.771. The third-order valence-corrected chi connectivity index (χ3v) is 5.66. The Morgan fingerprint density at radius 3 is 2.59 bits per heavy atom. The third-order valence-electron chi connectivity index (χ3n) is 4.90. The van der Waals surface area contributed by atoms with E-state index >= 15 is 0 Å². The number of carbonyl (C=O) groups excluding carboxylic acids is 2. The maximum atomic E-state index is 12.3. The van der Waals surface area contributed by atoms with Crippen LogP contribution in [0.4, 0.5) is 5.13 Å². The first-order valence-electron chi connectivity index (χ1n) is 9.24. The van der Waals surface area contributed by atoms with Crippen molar-refractivity contribution < 1.29 is 14.3 Å². The number of thiazole rings is 1. The zero-order valence-electron chi connectivity index (χ0n) is 15.7. The molecule has 6 nitrogen and oxygen atoms in total. The number of hydrogen-bond donors (Lipinski definition) is 1. The maximum absolute atomic E-state index is 12.3. The van der Waals surface area contributed by atoms with E-state index in [9.17, 15) is 9.59 Å². The van der Waals surface area contributed by atoms with Gasteiger partial charge in [0.15, 0.2) is 5.13 Å². The molecule has 1 aliphatic rings. The van der Waals surface area contributed by atoms with E-state index in [1.54, 1.807) is 0 Å². The molecule has 7 heteroatoms. The van der Waals surface area contributed by atoms with Crippen molar-refractivity contribution in [1.82, 2.24) is 9.88 Å². The van der Waals surface area contributed by atoms with E-state index in [0.29, 0.717) is 11.7 Å². The van der Waals surface area contributed by atoms with Crippen LogP contribution >= 0.6 is 11.3 Å². The van der Waals surface area contributed by atoms with E-state index in [1.807, 2.05) is 5.38 Å². The van der Waals surface area contributed by atoms with Crippen molar-refractivity contribution in [1.29, 1.82) is 0 Å². The summed E-state index contributed by atoms with van der Waals surface area (Å²) in [6, 6.07) is 8.33. The van der Waals surface area contributed by atoms with Gasteiger partial charge in [-0.25, -0.2) is 4.98 Å². The molecule has 2 aromatic rings. The van der Waals surface area contributed by atoms with Crippen LogP contribution in [0.25, 0.3) is 11.3 Å². The van der Waals surface area contributed by atoms with Crippen molar-refractivity contribution in [3.63, 3.8) is 0 Å². The first-order valence-corrected chi connectivity index (χ1v) is 10.1. The number of likely N-dealkylation sites (tertiary alicyclic amines) is 1. The van der Waals surface area contributed by atoms with Gasteiger partial charge >= 0.3 is 5.97 Å². The molecule has 0 aliphatic carbocycles. The number of esters is 1. The molecular formula is C20H25N3O3S. The SMILES string of the molecule is CCc1ccc(-c2csc(NC(=O)CN3CCC(C(=O)OC)CC3)n2)cc1. The van der Waals surface area contributed by atoms with Gasteiger partial charge in [-0.1, -0.05) is 31.2 Å². The summed E-state index contributed by atoms with van der Waals surface area (Å²) >= 11 is 1.43. The molecule has 1 aliphatic heterocycles. The minimum Gasteiger partial charge on any atom is -0.469 e. The zero-order chi connectivity index (χ0) is 19.2. The van der Waals surface area contributed by atoms with Gasteiger partial charge in [-0.15, -0.1) is 11.3 Å². The van der Waals surface area contributed by atoms with Crippen molar-refractivity contribution in [2.75, 3.05) is 32.1 Å². The molecule has 0 unspecified atom stereocenters. The van der Waals surface area contributed by atoms with Gasteiger partial charge in [0, 0.05) is 10.9 Å². The number of hydrogen-bond acceptors (Lipinski definition) is 6. The van der Waals surface area contributed by atoms with E-state index in [1.165, 1.54) is 24.0 Å². The van der Waals surface area contributed by atoms with Gasteiger partial charge in [0.05, 0.1) is 25.3 Å². The lowest BCUT2D eigenvalue weighted by molar-refractivity contribution is -0.147. The Labute approximate surface area is 163 Å². The molecule has 1 saturated heterocycles. The maximum Gasteiger partial charge on any atom is 0.308 e. The number of carbonyl (C=O) groups is 2. The molecule has 0 atom stereocenters. The number of amides is 1. The average Bonchev–Trinajstić information content (AvgIpc) is 3.16. The number of aromatic nitrogens is 1. The molecule has 1 aromatic carbocycles. The number of aryl methyl sites for hydroxylation is 1. The van der Waals surface area contributed by atoms with Crippen LogP contribution in [-0.2, 0) is 20.7 Å². The van der Waals surface area contributed by atoms with Gasteiger partial charge < -0.3 is 10.1 Å². The van der Waals surface area contributed by atoms with Crippen molar-refractivity contribution in [3.8, 4) is 11.3 Å². The zero-order valence-corrected chi connectivity index (χ0v) is 16.6. The van der Waals surface area contributed by atoms with Gasteiger partial charge in [0.1, 0.15) is 0 Å². The van der Waals surface area contributed by atoms with Crippen LogP contribution in [-0.4, -0.2) is 48.5 Å². The van der Waals surface area contributed by atoms with E-state index in [0.717, 1.165) is 43.6 Å². The second-order valence-corrected chi connectivity index (χ2v) is 7.57. The average molecular weight is 388 g/mol. The molecule has 1 N–H and O–H groups in total. The first kappa shape index (κ1) is 19.5. The van der Waals surface area contributed by atoms with Gasteiger partial charge in [0.2, 0.25) is 5.91 Å². The Balaban J connectivity index is 1.50. The number of nitrogens with one attached hydrogen (secondary N) is 1. The third kappa shape index (κ3) is 5.14. The monoisotopic (exact) mass is 387 g/mol. The van der Waals surface area contributed by atoms with Crippen molar-refractivity contribution >= 4 is 28.3 Å². The summed E-state index contributed by atoms with van der Waals surface area (Å²) < 4.78 is 4.79. The smallest absolute Gasteiger partial charge is 0.308 e. The normalized spacial score (nSPS) is 15.5. The number of nitrogens with zero attached hydrogens (tertiary/aromatic N) is 2. The topological polar surface area (TPSA) is 71.5 Å². The van der Waals surface area contributed by atoms with Crippen molar-refractivity contribution in [2.24, 2.45) is 5.92 Å². The second-order valence-electron chi connectivity index (χ2n) is 6.71. The van der Waals surface area contributed by atoms with Gasteiger partial charge in [-0.3, -0.25) is 14.5 Å². The molecule has 1 amide bonds. The Kier molecular flexibility index (Phi) is 6.58. The van der Waals surface area contributed by atoms with Gasteiger partial charge in [-0.2, -0.15) is 0 Å². The standard InChI is InChI=1S/C20H25N3O3S/c1-3-14-4-6-15(7-5-14)17-13-27-20(21-17)22-18(24)12-23-10-8-16(9-11-23)19(25)26-2/h4-7,13,16H,3,8-12H2,1-2H3,(H,21,22,24). The van der Waals surface area contributed by atoms with Crippen LogP contribution in [0.3, 0.4) is 0 Å². The van der Waals surface area contributed by atoms with Crippen molar-refractivity contribution in [2.45, 2.75) is 26.2 Å². The number of anilines is 1. The van der Waals surface area contributed by atoms with E-state index in [2.05, 4.69) is 46.4 Å². The summed E-state index contributed by atoms with van der Waals surface area (Å²) in [5, 5.41) is 5.45. The molecule has 2 heterocycles. The number of methoxy groups -OCH3 is 1. The second kappa shape index (κ2) is 9.10. The summed E-state index contributed by atoms with van der Waals surface area (Å²) in [7, 11) is 1.42. The largest absolute Gasteiger partial charge is 0.469 e. The Bertz CT molecular complexity index is 780. The molecule has 3 rings (SSSR count). The Hall–Kier alpha value is -2.25. The van der Waals surface area contributed by atoms with Crippen molar-refractivity contribution in [3.05, 3.63) is 35.2 Å². The molecule has 1 aromatic heterocycles. The van der Waals surface area contributed by atoms with Crippen LogP contribution in [0, 0.1) is 5.92 Å². The molecule has 144 valence electrons. The molecular weight excluding hydrogens is 362 g/mol. The minimum atomic E-state index is -0.151. The Morgan fingerprint density at radius 1 is 1.26 bits per heavy atom. The fourth-order valence-electron chi connectivity index (χ4n) is 3.23. The summed E-state index contributed by atoms with van der Waals surface area (Å²) in [5.74, 6) is -0.273. The highest BCUT2D eigenvalue weighted by atomic mass is 32.1. The van der Waals surface area contributed by atoms with E-state index < -0.39 is 0 Å². The number of piperidine rings is 1. The molecule has 0 bridgehead atoms. The number of benzene rings is 1. The van der Waals surface area contributed by atoms with E-state index in [4.69, 9.17) is 4.74 Å². The number of rotatable bonds is 6. The lowest BCUT2D eigenvalue weighted by atomic mass is 9.97. The summed E-state index contributed by atoms with van der Waals surface area (Å²) in [5.41, 5.74) is 3.21. The van der Waals surface area contributed by atoms with Crippen LogP contribution in [0.1, 0.15) is 25.3 Å². The Morgan fingerprint density at radius 2 is 1.96 bits per heavy atom. The molecule has 27 heavy (non-hydrogen) atoms. The minimum absolute atomic E-state index is 0.0464. The lowest BCUT2D eigenvalue weighted by Crippen LogP contribution is -2.41. The fourth-order valence-corrected chi connectivity index (χ4v) is 3.97. The highest BCUT2D eigenvalue weighted by Crippen LogP contribution is 2.25.